The highest BCUT2D eigenvalue weighted by Crippen LogP contribution is 2.21. The smallest absolute Gasteiger partial charge is 0.232 e. The fourth-order valence-electron chi connectivity index (χ4n) is 2.50. The molecule has 1 saturated heterocycles. The van der Waals surface area contributed by atoms with Crippen molar-refractivity contribution in [1.82, 2.24) is 9.80 Å². The minimum atomic E-state index is -3.45. The lowest BCUT2D eigenvalue weighted by Gasteiger charge is -2.33. The second kappa shape index (κ2) is 7.51. The first kappa shape index (κ1) is 18.0. The molecule has 1 aromatic carbocycles. The predicted molar refractivity (Wildman–Crippen MR) is 92.3 cm³/mol. The third kappa shape index (κ3) is 5.09. The van der Waals surface area contributed by atoms with Crippen LogP contribution in [0.3, 0.4) is 0 Å². The van der Waals surface area contributed by atoms with Gasteiger partial charge in [0, 0.05) is 44.2 Å². The van der Waals surface area contributed by atoms with Gasteiger partial charge in [-0.1, -0.05) is 11.6 Å². The quantitative estimate of drug-likeness (QED) is 0.794. The van der Waals surface area contributed by atoms with Crippen molar-refractivity contribution >= 4 is 33.2 Å². The maximum absolute atomic E-state index is 12.3. The summed E-state index contributed by atoms with van der Waals surface area (Å²) in [5.41, 5.74) is 0.517. The molecule has 1 heterocycles. The summed E-state index contributed by atoms with van der Waals surface area (Å²) >= 11 is 5.84. The molecule has 0 aromatic heterocycles. The average molecular weight is 360 g/mol. The lowest BCUT2D eigenvalue weighted by molar-refractivity contribution is -0.132. The Kier molecular flexibility index (Phi) is 5.89. The fourth-order valence-corrected chi connectivity index (χ4v) is 3.56. The van der Waals surface area contributed by atoms with Gasteiger partial charge in [-0.25, -0.2) is 8.42 Å². The lowest BCUT2D eigenvalue weighted by Crippen LogP contribution is -2.48. The molecule has 8 heteroatoms. The number of hydrogen-bond acceptors (Lipinski definition) is 4. The first-order valence-electron chi connectivity index (χ1n) is 7.47. The summed E-state index contributed by atoms with van der Waals surface area (Å²) in [7, 11) is -1.43. The molecule has 6 nitrogen and oxygen atoms in total. The molecule has 0 radical (unpaired) electrons. The number of sulfonamides is 1. The standard InChI is InChI=1S/C15H22ClN3O3S/c1-17-9-11-18(12-10-17)15(20)7-8-19(23(2,21)22)14-5-3-13(16)4-6-14/h3-6H,7-12H2,1-2H3. The Hall–Kier alpha value is -1.31. The Balaban J connectivity index is 2.02. The Morgan fingerprint density at radius 2 is 1.74 bits per heavy atom. The van der Waals surface area contributed by atoms with E-state index in [2.05, 4.69) is 4.90 Å². The molecule has 1 aliphatic heterocycles. The van der Waals surface area contributed by atoms with Gasteiger partial charge in [-0.2, -0.15) is 0 Å². The number of carbonyl (C=O) groups excluding carboxylic acids is 1. The number of piperazine rings is 1. The summed E-state index contributed by atoms with van der Waals surface area (Å²) in [6.45, 7) is 3.20. The summed E-state index contributed by atoms with van der Waals surface area (Å²) in [6, 6.07) is 6.56. The van der Waals surface area contributed by atoms with Crippen molar-refractivity contribution in [3.8, 4) is 0 Å². The monoisotopic (exact) mass is 359 g/mol. The minimum Gasteiger partial charge on any atom is -0.340 e. The van der Waals surface area contributed by atoms with Crippen LogP contribution in [0.4, 0.5) is 5.69 Å². The number of amides is 1. The zero-order valence-corrected chi connectivity index (χ0v) is 15.0. The molecule has 0 saturated carbocycles. The lowest BCUT2D eigenvalue weighted by atomic mass is 10.2. The SMILES string of the molecule is CN1CCN(C(=O)CCN(c2ccc(Cl)cc2)S(C)(=O)=O)CC1. The Morgan fingerprint density at radius 3 is 2.26 bits per heavy atom. The van der Waals surface area contributed by atoms with Crippen molar-refractivity contribution in [2.24, 2.45) is 0 Å². The Bertz CT molecular complexity index is 640. The Morgan fingerprint density at radius 1 is 1.17 bits per heavy atom. The second-order valence-corrected chi connectivity index (χ2v) is 8.09. The van der Waals surface area contributed by atoms with Crippen LogP contribution in [0.5, 0.6) is 0 Å². The average Bonchev–Trinajstić information content (AvgIpc) is 2.48. The number of halogens is 1. The van der Waals surface area contributed by atoms with Crippen molar-refractivity contribution in [3.63, 3.8) is 0 Å². The molecular weight excluding hydrogens is 338 g/mol. The van der Waals surface area contributed by atoms with Gasteiger partial charge >= 0.3 is 0 Å². The third-order valence-electron chi connectivity index (χ3n) is 3.90. The summed E-state index contributed by atoms with van der Waals surface area (Å²) in [5, 5.41) is 0.538. The molecule has 0 bridgehead atoms. The number of anilines is 1. The molecule has 0 spiro atoms. The summed E-state index contributed by atoms with van der Waals surface area (Å²) in [6.07, 6.45) is 1.31. The van der Waals surface area contributed by atoms with E-state index in [1.165, 1.54) is 4.31 Å². The van der Waals surface area contributed by atoms with Crippen molar-refractivity contribution < 1.29 is 13.2 Å². The number of rotatable bonds is 5. The second-order valence-electron chi connectivity index (χ2n) is 5.75. The van der Waals surface area contributed by atoms with Crippen molar-refractivity contribution in [3.05, 3.63) is 29.3 Å². The summed E-state index contributed by atoms with van der Waals surface area (Å²) < 4.78 is 25.3. The molecule has 0 N–H and O–H groups in total. The van der Waals surface area contributed by atoms with E-state index in [1.807, 2.05) is 7.05 Å². The maximum Gasteiger partial charge on any atom is 0.232 e. The van der Waals surface area contributed by atoms with Gasteiger partial charge in [0.15, 0.2) is 0 Å². The minimum absolute atomic E-state index is 0.0132. The van der Waals surface area contributed by atoms with Crippen LogP contribution in [0.1, 0.15) is 6.42 Å². The van der Waals surface area contributed by atoms with E-state index in [9.17, 15) is 13.2 Å². The van der Waals surface area contributed by atoms with Crippen LogP contribution in [0, 0.1) is 0 Å². The van der Waals surface area contributed by atoms with Gasteiger partial charge in [0.1, 0.15) is 0 Å². The molecule has 0 atom stereocenters. The number of hydrogen-bond donors (Lipinski definition) is 0. The third-order valence-corrected chi connectivity index (χ3v) is 5.35. The molecular formula is C15H22ClN3O3S. The maximum atomic E-state index is 12.3. The van der Waals surface area contributed by atoms with Crippen molar-refractivity contribution in [1.29, 1.82) is 0 Å². The number of likely N-dealkylation sites (N-methyl/N-ethyl adjacent to an activating group) is 1. The van der Waals surface area contributed by atoms with Crippen LogP contribution >= 0.6 is 11.6 Å². The van der Waals surface area contributed by atoms with Gasteiger partial charge in [-0.05, 0) is 31.3 Å². The van der Waals surface area contributed by atoms with Crippen LogP contribution in [-0.4, -0.2) is 70.2 Å². The van der Waals surface area contributed by atoms with Crippen LogP contribution in [0.2, 0.25) is 5.02 Å². The van der Waals surface area contributed by atoms with Gasteiger partial charge < -0.3 is 9.80 Å². The van der Waals surface area contributed by atoms with E-state index in [1.54, 1.807) is 29.2 Å². The largest absolute Gasteiger partial charge is 0.340 e. The van der Waals surface area contributed by atoms with E-state index in [0.29, 0.717) is 23.8 Å². The molecule has 1 amide bonds. The van der Waals surface area contributed by atoms with Gasteiger partial charge in [0.25, 0.3) is 0 Å². The predicted octanol–water partition coefficient (Wildman–Crippen LogP) is 1.27. The summed E-state index contributed by atoms with van der Waals surface area (Å²) in [5.74, 6) is -0.0132. The van der Waals surface area contributed by atoms with Crippen LogP contribution in [-0.2, 0) is 14.8 Å². The van der Waals surface area contributed by atoms with E-state index in [4.69, 9.17) is 11.6 Å². The molecule has 1 fully saturated rings. The highest BCUT2D eigenvalue weighted by Gasteiger charge is 2.22. The summed E-state index contributed by atoms with van der Waals surface area (Å²) in [4.78, 5) is 16.2. The molecule has 0 unspecified atom stereocenters. The Labute approximate surface area is 142 Å². The highest BCUT2D eigenvalue weighted by molar-refractivity contribution is 7.92. The zero-order valence-electron chi connectivity index (χ0n) is 13.4. The first-order valence-corrected chi connectivity index (χ1v) is 9.69. The number of benzene rings is 1. The van der Waals surface area contributed by atoms with E-state index >= 15 is 0 Å². The fraction of sp³-hybridized carbons (Fsp3) is 0.533. The molecule has 1 aliphatic rings. The van der Waals surface area contributed by atoms with Gasteiger partial charge in [0.2, 0.25) is 15.9 Å². The van der Waals surface area contributed by atoms with Crippen LogP contribution in [0.15, 0.2) is 24.3 Å². The number of carbonyl (C=O) groups is 1. The van der Waals surface area contributed by atoms with E-state index < -0.39 is 10.0 Å². The van der Waals surface area contributed by atoms with Crippen molar-refractivity contribution in [2.75, 3.05) is 50.3 Å². The number of nitrogens with zero attached hydrogens (tertiary/aromatic N) is 3. The topological polar surface area (TPSA) is 60.9 Å². The van der Waals surface area contributed by atoms with Crippen LogP contribution < -0.4 is 4.31 Å². The zero-order chi connectivity index (χ0) is 17.0. The van der Waals surface area contributed by atoms with Gasteiger partial charge in [-0.15, -0.1) is 0 Å². The van der Waals surface area contributed by atoms with Gasteiger partial charge in [0.05, 0.1) is 11.9 Å². The normalized spacial score (nSPS) is 16.4. The molecule has 128 valence electrons. The van der Waals surface area contributed by atoms with Gasteiger partial charge in [-0.3, -0.25) is 9.10 Å². The van der Waals surface area contributed by atoms with Crippen LogP contribution in [0.25, 0.3) is 0 Å². The molecule has 0 aliphatic carbocycles. The molecule has 23 heavy (non-hydrogen) atoms. The van der Waals surface area contributed by atoms with Crippen molar-refractivity contribution in [2.45, 2.75) is 6.42 Å². The van der Waals surface area contributed by atoms with E-state index in [-0.39, 0.29) is 18.9 Å². The molecule has 2 rings (SSSR count). The molecule has 1 aromatic rings. The first-order chi connectivity index (χ1) is 10.8. The van der Waals surface area contributed by atoms with E-state index in [0.717, 1.165) is 19.3 Å². The highest BCUT2D eigenvalue weighted by atomic mass is 35.5.